The summed E-state index contributed by atoms with van der Waals surface area (Å²) in [6.07, 6.45) is 4.07. The van der Waals surface area contributed by atoms with E-state index in [0.29, 0.717) is 12.0 Å². The minimum absolute atomic E-state index is 0.488. The van der Waals surface area contributed by atoms with E-state index in [9.17, 15) is 0 Å². The molecule has 1 aliphatic rings. The molecule has 1 unspecified atom stereocenters. The third kappa shape index (κ3) is 4.60. The van der Waals surface area contributed by atoms with Crippen LogP contribution in [0.2, 0.25) is 0 Å². The molecule has 1 N–H and O–H groups in total. The summed E-state index contributed by atoms with van der Waals surface area (Å²) in [5.41, 5.74) is 1.42. The predicted octanol–water partition coefficient (Wildman–Crippen LogP) is 3.71. The maximum Gasteiger partial charge on any atom is 0.0343 e. The monoisotopic (exact) mass is 274 g/mol. The van der Waals surface area contributed by atoms with Crippen molar-refractivity contribution in [1.29, 1.82) is 0 Å². The van der Waals surface area contributed by atoms with Crippen molar-refractivity contribution in [2.75, 3.05) is 26.7 Å². The number of rotatable bonds is 6. The maximum atomic E-state index is 3.78. The molecule has 1 heterocycles. The molecule has 1 aliphatic heterocycles. The second-order valence-electron chi connectivity index (χ2n) is 6.62. The van der Waals surface area contributed by atoms with Gasteiger partial charge in [0.15, 0.2) is 0 Å². The minimum atomic E-state index is 0.488. The normalized spacial score (nSPS) is 19.4. The van der Waals surface area contributed by atoms with Crippen LogP contribution in [0.25, 0.3) is 0 Å². The number of likely N-dealkylation sites (tertiary alicyclic amines) is 1. The van der Waals surface area contributed by atoms with E-state index in [-0.39, 0.29) is 0 Å². The minimum Gasteiger partial charge on any atom is -0.310 e. The molecule has 2 heteroatoms. The van der Waals surface area contributed by atoms with Crippen molar-refractivity contribution in [3.05, 3.63) is 35.9 Å². The van der Waals surface area contributed by atoms with Crippen molar-refractivity contribution in [3.8, 4) is 0 Å². The highest BCUT2D eigenvalue weighted by atomic mass is 15.1. The summed E-state index contributed by atoms with van der Waals surface area (Å²) in [6, 6.07) is 11.4. The Kier molecular flexibility index (Phi) is 6.06. The van der Waals surface area contributed by atoms with Gasteiger partial charge in [0.1, 0.15) is 0 Å². The van der Waals surface area contributed by atoms with Crippen LogP contribution in [0, 0.1) is 11.8 Å². The molecule has 2 nitrogen and oxygen atoms in total. The molecule has 0 radical (unpaired) electrons. The molecule has 1 atom stereocenters. The number of hydrogen-bond donors (Lipinski definition) is 1. The van der Waals surface area contributed by atoms with Gasteiger partial charge in [0, 0.05) is 6.04 Å². The Morgan fingerprint density at radius 1 is 1.15 bits per heavy atom. The van der Waals surface area contributed by atoms with Crippen LogP contribution < -0.4 is 5.32 Å². The van der Waals surface area contributed by atoms with Gasteiger partial charge >= 0.3 is 0 Å². The summed E-state index contributed by atoms with van der Waals surface area (Å²) in [5, 5.41) is 3.78. The molecule has 1 aromatic carbocycles. The zero-order valence-electron chi connectivity index (χ0n) is 13.3. The fraction of sp³-hybridized carbons (Fsp3) is 0.667. The molecule has 2 rings (SSSR count). The Labute approximate surface area is 124 Å². The van der Waals surface area contributed by atoms with Crippen LogP contribution in [-0.4, -0.2) is 31.6 Å². The molecule has 1 saturated heterocycles. The Morgan fingerprint density at radius 3 is 2.40 bits per heavy atom. The van der Waals surface area contributed by atoms with Gasteiger partial charge in [-0.3, -0.25) is 0 Å². The number of benzene rings is 1. The van der Waals surface area contributed by atoms with E-state index in [1.165, 1.54) is 37.9 Å². The van der Waals surface area contributed by atoms with E-state index < -0.39 is 0 Å². The maximum absolute atomic E-state index is 3.78. The molecule has 20 heavy (non-hydrogen) atoms. The van der Waals surface area contributed by atoms with Gasteiger partial charge < -0.3 is 10.2 Å². The van der Waals surface area contributed by atoms with Crippen LogP contribution in [0.5, 0.6) is 0 Å². The molecule has 1 fully saturated rings. The van der Waals surface area contributed by atoms with Crippen LogP contribution >= 0.6 is 0 Å². The van der Waals surface area contributed by atoms with Crippen molar-refractivity contribution in [1.82, 2.24) is 10.2 Å². The van der Waals surface area contributed by atoms with Crippen LogP contribution in [0.1, 0.15) is 44.7 Å². The fourth-order valence-electron chi connectivity index (χ4n) is 3.19. The second kappa shape index (κ2) is 7.80. The van der Waals surface area contributed by atoms with Gasteiger partial charge in [-0.1, -0.05) is 44.2 Å². The Balaban J connectivity index is 1.78. The zero-order chi connectivity index (χ0) is 14.4. The van der Waals surface area contributed by atoms with Crippen LogP contribution in [0.4, 0.5) is 0 Å². The molecule has 0 spiro atoms. The summed E-state index contributed by atoms with van der Waals surface area (Å²) in [5.74, 6) is 1.55. The summed E-state index contributed by atoms with van der Waals surface area (Å²) < 4.78 is 0. The van der Waals surface area contributed by atoms with Crippen LogP contribution in [0.3, 0.4) is 0 Å². The second-order valence-corrected chi connectivity index (χ2v) is 6.62. The average Bonchev–Trinajstić information content (AvgIpc) is 2.46. The van der Waals surface area contributed by atoms with Crippen molar-refractivity contribution in [3.63, 3.8) is 0 Å². The lowest BCUT2D eigenvalue weighted by Crippen LogP contribution is -2.33. The average molecular weight is 274 g/mol. The highest BCUT2D eigenvalue weighted by molar-refractivity contribution is 5.19. The van der Waals surface area contributed by atoms with Crippen LogP contribution in [0.15, 0.2) is 30.3 Å². The van der Waals surface area contributed by atoms with Gasteiger partial charge in [-0.25, -0.2) is 0 Å². The predicted molar refractivity (Wildman–Crippen MR) is 86.9 cm³/mol. The third-order valence-electron chi connectivity index (χ3n) is 4.58. The summed E-state index contributed by atoms with van der Waals surface area (Å²) in [7, 11) is 2.23. The van der Waals surface area contributed by atoms with E-state index in [1.807, 2.05) is 0 Å². The van der Waals surface area contributed by atoms with E-state index >= 15 is 0 Å². The van der Waals surface area contributed by atoms with E-state index in [2.05, 4.69) is 61.4 Å². The quantitative estimate of drug-likeness (QED) is 0.851. The highest BCUT2D eigenvalue weighted by Crippen LogP contribution is 2.23. The van der Waals surface area contributed by atoms with Gasteiger partial charge in [0.05, 0.1) is 0 Å². The number of nitrogens with one attached hydrogen (secondary N) is 1. The lowest BCUT2D eigenvalue weighted by molar-refractivity contribution is 0.209. The Hall–Kier alpha value is -0.860. The topological polar surface area (TPSA) is 15.3 Å². The molecular formula is C18H30N2. The van der Waals surface area contributed by atoms with Gasteiger partial charge in [0.25, 0.3) is 0 Å². The van der Waals surface area contributed by atoms with E-state index in [4.69, 9.17) is 0 Å². The molecule has 0 aromatic heterocycles. The van der Waals surface area contributed by atoms with Crippen molar-refractivity contribution >= 4 is 0 Å². The molecule has 0 saturated carbocycles. The molecule has 112 valence electrons. The fourth-order valence-corrected chi connectivity index (χ4v) is 3.19. The van der Waals surface area contributed by atoms with Crippen molar-refractivity contribution < 1.29 is 0 Å². The first-order valence-electron chi connectivity index (χ1n) is 8.13. The highest BCUT2D eigenvalue weighted by Gasteiger charge is 2.18. The van der Waals surface area contributed by atoms with Crippen LogP contribution in [-0.2, 0) is 0 Å². The lowest BCUT2D eigenvalue weighted by atomic mass is 9.92. The van der Waals surface area contributed by atoms with Crippen molar-refractivity contribution in [2.45, 2.75) is 39.2 Å². The van der Waals surface area contributed by atoms with Gasteiger partial charge in [-0.05, 0) is 63.3 Å². The number of hydrogen-bond acceptors (Lipinski definition) is 2. The smallest absolute Gasteiger partial charge is 0.0343 e. The van der Waals surface area contributed by atoms with E-state index in [0.717, 1.165) is 12.5 Å². The SMILES string of the molecule is CC(C)C(NCCC1CCN(C)CC1)c1ccccc1. The summed E-state index contributed by atoms with van der Waals surface area (Å²) in [4.78, 5) is 2.45. The molecule has 1 aromatic rings. The third-order valence-corrected chi connectivity index (χ3v) is 4.58. The number of nitrogens with zero attached hydrogens (tertiary/aromatic N) is 1. The first-order chi connectivity index (χ1) is 9.66. The molecule has 0 aliphatic carbocycles. The Morgan fingerprint density at radius 2 is 1.80 bits per heavy atom. The van der Waals surface area contributed by atoms with Crippen molar-refractivity contribution in [2.24, 2.45) is 11.8 Å². The van der Waals surface area contributed by atoms with Gasteiger partial charge in [-0.2, -0.15) is 0 Å². The van der Waals surface area contributed by atoms with E-state index in [1.54, 1.807) is 0 Å². The zero-order valence-corrected chi connectivity index (χ0v) is 13.3. The molecule has 0 bridgehead atoms. The first kappa shape index (κ1) is 15.5. The molecular weight excluding hydrogens is 244 g/mol. The van der Waals surface area contributed by atoms with Gasteiger partial charge in [0.2, 0.25) is 0 Å². The molecule has 0 amide bonds. The lowest BCUT2D eigenvalue weighted by Gasteiger charge is -2.30. The van der Waals surface area contributed by atoms with Gasteiger partial charge in [-0.15, -0.1) is 0 Å². The largest absolute Gasteiger partial charge is 0.310 e. The number of piperidine rings is 1. The summed E-state index contributed by atoms with van der Waals surface area (Å²) in [6.45, 7) is 8.31. The first-order valence-corrected chi connectivity index (χ1v) is 8.13. The summed E-state index contributed by atoms with van der Waals surface area (Å²) >= 11 is 0. The standard InChI is InChI=1S/C18H30N2/c1-15(2)18(17-7-5-4-6-8-17)19-12-9-16-10-13-20(3)14-11-16/h4-8,15-16,18-19H,9-14H2,1-3H3. The Bertz CT molecular complexity index is 366.